The highest BCUT2D eigenvalue weighted by atomic mass is 16.2. The third-order valence-corrected chi connectivity index (χ3v) is 5.36. The van der Waals surface area contributed by atoms with Gasteiger partial charge in [0, 0.05) is 7.05 Å². The van der Waals surface area contributed by atoms with Crippen LogP contribution in [0.2, 0.25) is 0 Å². The number of rotatable bonds is 1. The minimum absolute atomic E-state index is 0.0264. The largest absolute Gasteiger partial charge is 0.417 e. The molecule has 2 atom stereocenters. The maximum atomic E-state index is 12.3. The first-order valence-corrected chi connectivity index (χ1v) is 8.45. The Bertz CT molecular complexity index is 806. The van der Waals surface area contributed by atoms with Crippen LogP contribution in [-0.4, -0.2) is 41.7 Å². The number of amidine groups is 1. The molecule has 0 aromatic heterocycles. The molecule has 1 aromatic carbocycles. The van der Waals surface area contributed by atoms with Gasteiger partial charge in [-0.25, -0.2) is 9.69 Å². The van der Waals surface area contributed by atoms with Gasteiger partial charge in [-0.15, -0.1) is 0 Å². The van der Waals surface area contributed by atoms with Crippen LogP contribution < -0.4 is 4.99 Å². The summed E-state index contributed by atoms with van der Waals surface area (Å²) in [6.07, 6.45) is 1.86. The van der Waals surface area contributed by atoms with Crippen LogP contribution in [0.1, 0.15) is 43.9 Å². The molecule has 0 bridgehead atoms. The van der Waals surface area contributed by atoms with Crippen LogP contribution in [-0.2, 0) is 10.2 Å². The number of nitrogens with zero attached hydrogens (tertiary/aromatic N) is 3. The maximum Gasteiger partial charge on any atom is 0.417 e. The molecule has 1 heterocycles. The summed E-state index contributed by atoms with van der Waals surface area (Å²) in [4.78, 5) is 30.3. The number of amides is 3. The first-order chi connectivity index (χ1) is 11.8. The van der Waals surface area contributed by atoms with Crippen LogP contribution in [0.25, 0.3) is 0 Å². The van der Waals surface area contributed by atoms with Gasteiger partial charge in [-0.3, -0.25) is 9.79 Å². The van der Waals surface area contributed by atoms with Crippen molar-refractivity contribution in [2.45, 2.75) is 38.1 Å². The van der Waals surface area contributed by atoms with E-state index in [0.29, 0.717) is 5.84 Å². The lowest BCUT2D eigenvalue weighted by Crippen LogP contribution is -2.82. The number of nitriles is 1. The van der Waals surface area contributed by atoms with Crippen LogP contribution >= 0.6 is 0 Å². The number of nitrogens with one attached hydrogen (secondary N) is 1. The molecule has 3 rings (SSSR count). The summed E-state index contributed by atoms with van der Waals surface area (Å²) in [6, 6.07) is 9.81. The molecule has 6 nitrogen and oxygen atoms in total. The zero-order valence-electron chi connectivity index (χ0n) is 15.0. The average molecular weight is 339 g/mol. The van der Waals surface area contributed by atoms with Crippen LogP contribution in [0.15, 0.2) is 24.3 Å². The molecule has 1 aliphatic carbocycles. The Kier molecular flexibility index (Phi) is 4.11. The molecular formula is C19H23N4O2+. The van der Waals surface area contributed by atoms with Gasteiger partial charge in [-0.05, 0) is 29.4 Å². The van der Waals surface area contributed by atoms with Crippen LogP contribution in [0.4, 0.5) is 4.79 Å². The topological polar surface area (TPSA) is 78.4 Å². The second kappa shape index (κ2) is 5.99. The van der Waals surface area contributed by atoms with Gasteiger partial charge < -0.3 is 0 Å². The number of imide groups is 1. The molecule has 130 valence electrons. The van der Waals surface area contributed by atoms with E-state index < -0.39 is 17.9 Å². The van der Waals surface area contributed by atoms with Gasteiger partial charge in [0.1, 0.15) is 6.04 Å². The number of carbonyl (C=O) groups is 2. The zero-order chi connectivity index (χ0) is 18.4. The molecule has 3 amide bonds. The van der Waals surface area contributed by atoms with Gasteiger partial charge >= 0.3 is 6.03 Å². The van der Waals surface area contributed by atoms with Gasteiger partial charge in [0.15, 0.2) is 0 Å². The summed E-state index contributed by atoms with van der Waals surface area (Å²) in [7, 11) is 3.00. The van der Waals surface area contributed by atoms with Crippen LogP contribution in [0, 0.1) is 17.2 Å². The number of hydrogen-bond acceptors (Lipinski definition) is 3. The van der Waals surface area contributed by atoms with E-state index in [0.717, 1.165) is 23.3 Å². The molecule has 1 N–H and O–H groups in total. The SMILES string of the molecule is CN1C(=O)C(C#N)C(=[NH+]C2CCC(C)(C)c3ccccc32)N(C)C1=O. The number of hydrogen-bond donors (Lipinski definition) is 1. The van der Waals surface area contributed by atoms with Crippen molar-refractivity contribution in [1.82, 2.24) is 9.80 Å². The highest BCUT2D eigenvalue weighted by Crippen LogP contribution is 2.39. The van der Waals surface area contributed by atoms with Crippen molar-refractivity contribution in [1.29, 1.82) is 5.26 Å². The van der Waals surface area contributed by atoms with Crippen LogP contribution in [0.3, 0.4) is 0 Å². The predicted molar refractivity (Wildman–Crippen MR) is 92.4 cm³/mol. The van der Waals surface area contributed by atoms with Gasteiger partial charge in [-0.1, -0.05) is 38.1 Å². The molecule has 1 fully saturated rings. The third kappa shape index (κ3) is 2.70. The Morgan fingerprint density at radius 3 is 2.56 bits per heavy atom. The standard InChI is InChI=1S/C19H22N4O2/c1-19(2)10-9-15(12-7-5-6-8-14(12)19)21-16-13(11-20)17(24)23(4)18(25)22(16)3/h5-8,13,15H,9-10H2,1-4H3/p+1. The summed E-state index contributed by atoms with van der Waals surface area (Å²) in [5.41, 5.74) is 2.51. The second-order valence-corrected chi connectivity index (χ2v) is 7.39. The van der Waals surface area contributed by atoms with E-state index >= 15 is 0 Å². The monoisotopic (exact) mass is 339 g/mol. The lowest BCUT2D eigenvalue weighted by molar-refractivity contribution is -0.519. The Hall–Kier alpha value is -2.68. The number of fused-ring (bicyclic) bond motifs is 1. The van der Waals surface area contributed by atoms with E-state index in [1.54, 1.807) is 7.05 Å². The van der Waals surface area contributed by atoms with Crippen molar-refractivity contribution in [2.24, 2.45) is 5.92 Å². The van der Waals surface area contributed by atoms with E-state index in [1.807, 2.05) is 18.2 Å². The van der Waals surface area contributed by atoms with Crippen molar-refractivity contribution in [3.8, 4) is 6.07 Å². The highest BCUT2D eigenvalue weighted by molar-refractivity contribution is 6.17. The molecule has 0 spiro atoms. The molecule has 6 heteroatoms. The Labute approximate surface area is 147 Å². The molecular weight excluding hydrogens is 316 g/mol. The minimum Gasteiger partial charge on any atom is -0.272 e. The van der Waals surface area contributed by atoms with Gasteiger partial charge in [0.05, 0.1) is 13.1 Å². The zero-order valence-corrected chi connectivity index (χ0v) is 15.0. The van der Waals surface area contributed by atoms with Crippen molar-refractivity contribution in [2.75, 3.05) is 14.1 Å². The molecule has 0 saturated carbocycles. The first-order valence-electron chi connectivity index (χ1n) is 8.45. The molecule has 1 saturated heterocycles. The third-order valence-electron chi connectivity index (χ3n) is 5.36. The van der Waals surface area contributed by atoms with E-state index in [9.17, 15) is 14.9 Å². The lowest BCUT2D eigenvalue weighted by Gasteiger charge is -2.35. The van der Waals surface area contributed by atoms with Crippen LogP contribution in [0.5, 0.6) is 0 Å². The van der Waals surface area contributed by atoms with Gasteiger partial charge in [0.2, 0.25) is 5.92 Å². The number of carbonyl (C=O) groups excluding carboxylic acids is 2. The minimum atomic E-state index is -0.991. The quantitative estimate of drug-likeness (QED) is 0.827. The molecule has 1 aromatic rings. The Morgan fingerprint density at radius 1 is 1.20 bits per heavy atom. The first kappa shape index (κ1) is 17.2. The second-order valence-electron chi connectivity index (χ2n) is 7.39. The number of benzene rings is 1. The van der Waals surface area contributed by atoms with Crippen molar-refractivity contribution in [3.63, 3.8) is 0 Å². The summed E-state index contributed by atoms with van der Waals surface area (Å²) in [6.45, 7) is 4.45. The summed E-state index contributed by atoms with van der Waals surface area (Å²) < 4.78 is 0. The van der Waals surface area contributed by atoms with Gasteiger partial charge in [-0.2, -0.15) is 10.2 Å². The van der Waals surface area contributed by atoms with Crippen molar-refractivity contribution in [3.05, 3.63) is 35.4 Å². The summed E-state index contributed by atoms with van der Waals surface area (Å²) in [5, 5.41) is 9.47. The van der Waals surface area contributed by atoms with Gasteiger partial charge in [0.25, 0.3) is 11.7 Å². The molecule has 2 unspecified atom stereocenters. The predicted octanol–water partition coefficient (Wildman–Crippen LogP) is 0.942. The van der Waals surface area contributed by atoms with E-state index in [4.69, 9.17) is 0 Å². The summed E-state index contributed by atoms with van der Waals surface area (Å²) in [5.74, 6) is -1.11. The Balaban J connectivity index is 2.06. The smallest absolute Gasteiger partial charge is 0.272 e. The number of urea groups is 1. The molecule has 2 aliphatic rings. The fourth-order valence-electron chi connectivity index (χ4n) is 3.76. The lowest BCUT2D eigenvalue weighted by atomic mass is 9.71. The fourth-order valence-corrected chi connectivity index (χ4v) is 3.76. The fraction of sp³-hybridized carbons (Fsp3) is 0.474. The Morgan fingerprint density at radius 2 is 1.88 bits per heavy atom. The normalized spacial score (nSPS) is 27.2. The van der Waals surface area contributed by atoms with Crippen molar-refractivity contribution >= 4 is 17.8 Å². The average Bonchev–Trinajstić information content (AvgIpc) is 2.60. The highest BCUT2D eigenvalue weighted by Gasteiger charge is 2.47. The molecule has 25 heavy (non-hydrogen) atoms. The maximum absolute atomic E-state index is 12.3. The van der Waals surface area contributed by atoms with Crippen molar-refractivity contribution < 1.29 is 14.6 Å². The molecule has 1 aliphatic heterocycles. The summed E-state index contributed by atoms with van der Waals surface area (Å²) >= 11 is 0. The van der Waals surface area contributed by atoms with E-state index in [2.05, 4.69) is 31.0 Å². The van der Waals surface area contributed by atoms with E-state index in [-0.39, 0.29) is 11.5 Å². The molecule has 0 radical (unpaired) electrons. The van der Waals surface area contributed by atoms with E-state index in [1.165, 1.54) is 17.5 Å².